The minimum absolute atomic E-state index is 0.0186. The van der Waals surface area contributed by atoms with Crippen molar-refractivity contribution in [1.29, 1.82) is 0 Å². The lowest BCUT2D eigenvalue weighted by atomic mass is 9.88. The maximum Gasteiger partial charge on any atom is 0.310 e. The van der Waals surface area contributed by atoms with Crippen LogP contribution in [0.5, 0.6) is 5.75 Å². The molecule has 1 aromatic heterocycles. The zero-order valence-corrected chi connectivity index (χ0v) is 45.1. The lowest BCUT2D eigenvalue weighted by molar-refractivity contribution is -0.385. The normalized spacial score (nSPS) is 27.2. The molecule has 20 nitrogen and oxygen atoms in total. The van der Waals surface area contributed by atoms with Gasteiger partial charge < -0.3 is 50.2 Å². The molecule has 0 aliphatic carbocycles. The van der Waals surface area contributed by atoms with Crippen LogP contribution in [0.3, 0.4) is 0 Å². The van der Waals surface area contributed by atoms with Gasteiger partial charge in [-0.1, -0.05) is 78.0 Å². The molecule has 5 N–H and O–H groups in total. The Balaban J connectivity index is 1.51. The van der Waals surface area contributed by atoms with Gasteiger partial charge in [0.15, 0.2) is 11.5 Å². The Morgan fingerprint density at radius 2 is 1.44 bits per heavy atom. The standard InChI is InChI=1S/C55H76N8O12/c1-12-13-17-37-48(66)58-39(27-35-28-61(55(8,9)47-29-75-47)40-18-15-14-16-36(35)40)53(71)59(10)42(21-30(2)3)49(67)57-38(25-34-19-20-45(64)41(26-34)63(73)74)46(65)24-33(7)51(69)60(11)44-23-32(6)52(70)62(54(44)72)43(22-31(4)5)50(68)56-37/h12-16,18-20,26,28,30-33,37-39,42-44,47,52,64,70H,17,21-25,27,29H2,1-11H3,(H,56,68)(H,57,67)(H,58,66)/b13-12+/t32-,33-,37+,38+,39+,42+,43+,44+,47-,52+/m1/s1. The number of carbonyl (C=O) groups is 7. The van der Waals surface area contributed by atoms with Gasteiger partial charge in [-0.05, 0) is 88.0 Å². The van der Waals surface area contributed by atoms with E-state index < -0.39 is 124 Å². The zero-order chi connectivity index (χ0) is 55.4. The lowest BCUT2D eigenvalue weighted by Crippen LogP contribution is -2.66. The summed E-state index contributed by atoms with van der Waals surface area (Å²) in [6.45, 7) is 17.0. The predicted octanol–water partition coefficient (Wildman–Crippen LogP) is 4.51. The van der Waals surface area contributed by atoms with Gasteiger partial charge in [0.2, 0.25) is 35.4 Å². The van der Waals surface area contributed by atoms with Crippen molar-refractivity contribution in [2.75, 3.05) is 20.7 Å². The van der Waals surface area contributed by atoms with Gasteiger partial charge >= 0.3 is 5.69 Å². The fourth-order valence-corrected chi connectivity index (χ4v) is 10.5. The van der Waals surface area contributed by atoms with E-state index in [1.165, 1.54) is 36.9 Å². The molecule has 20 heteroatoms. The van der Waals surface area contributed by atoms with Crippen LogP contribution in [-0.4, -0.2) is 145 Å². The number of para-hydroxylation sites is 1. The summed E-state index contributed by atoms with van der Waals surface area (Å²) >= 11 is 0. The topological polar surface area (TPSA) is 266 Å². The Kier molecular flexibility index (Phi) is 18.4. The van der Waals surface area contributed by atoms with Gasteiger partial charge in [0.05, 0.1) is 23.1 Å². The molecule has 2 bridgehead atoms. The van der Waals surface area contributed by atoms with Crippen molar-refractivity contribution in [3.8, 4) is 5.75 Å². The third-order valence-electron chi connectivity index (χ3n) is 15.0. The van der Waals surface area contributed by atoms with E-state index in [9.17, 15) is 49.1 Å². The van der Waals surface area contributed by atoms with Crippen LogP contribution in [0, 0.1) is 33.8 Å². The second-order valence-corrected chi connectivity index (χ2v) is 22.1. The number of epoxide rings is 1. The van der Waals surface area contributed by atoms with E-state index in [2.05, 4.69) is 34.4 Å². The van der Waals surface area contributed by atoms with Crippen molar-refractivity contribution in [2.24, 2.45) is 23.7 Å². The number of allylic oxidation sites excluding steroid dienone is 1. The summed E-state index contributed by atoms with van der Waals surface area (Å²) in [4.78, 5) is 118. The van der Waals surface area contributed by atoms with Gasteiger partial charge in [-0.3, -0.25) is 43.7 Å². The zero-order valence-electron chi connectivity index (χ0n) is 45.1. The molecule has 3 saturated heterocycles. The molecular formula is C55H76N8O12. The quantitative estimate of drug-likeness (QED) is 0.0686. The molecule has 3 fully saturated rings. The number of amides is 6. The minimum Gasteiger partial charge on any atom is -0.502 e. The van der Waals surface area contributed by atoms with Gasteiger partial charge in [-0.25, -0.2) is 0 Å². The lowest BCUT2D eigenvalue weighted by Gasteiger charge is -2.46. The highest BCUT2D eigenvalue weighted by Crippen LogP contribution is 2.37. The number of aliphatic hydroxyl groups excluding tert-OH is 1. The summed E-state index contributed by atoms with van der Waals surface area (Å²) in [5.74, 6) is -7.62. The second kappa shape index (κ2) is 23.9. The minimum atomic E-state index is -1.45. The molecule has 3 aliphatic heterocycles. The highest BCUT2D eigenvalue weighted by atomic mass is 16.6. The molecule has 6 amide bonds. The number of nitrogens with one attached hydrogen (secondary N) is 3. The van der Waals surface area contributed by atoms with Crippen LogP contribution in [0.2, 0.25) is 0 Å². The van der Waals surface area contributed by atoms with Gasteiger partial charge in [0.1, 0.15) is 42.5 Å². The third-order valence-corrected chi connectivity index (χ3v) is 15.0. The molecule has 3 aliphatic rings. The molecule has 75 heavy (non-hydrogen) atoms. The number of hydrogen-bond acceptors (Lipinski definition) is 12. The maximum absolute atomic E-state index is 15.4. The first-order valence-corrected chi connectivity index (χ1v) is 26.0. The van der Waals surface area contributed by atoms with Crippen LogP contribution in [-0.2, 0) is 56.7 Å². The van der Waals surface area contributed by atoms with Gasteiger partial charge in [-0.15, -0.1) is 0 Å². The molecule has 408 valence electrons. The number of phenols is 1. The molecule has 2 aromatic carbocycles. The van der Waals surface area contributed by atoms with Crippen molar-refractivity contribution in [1.82, 2.24) is 35.2 Å². The molecule has 0 spiro atoms. The summed E-state index contributed by atoms with van der Waals surface area (Å²) in [6, 6.07) is 3.40. The summed E-state index contributed by atoms with van der Waals surface area (Å²) in [5.41, 5.74) is 0.615. The smallest absolute Gasteiger partial charge is 0.310 e. The second-order valence-electron chi connectivity index (χ2n) is 22.1. The number of aromatic hydroxyl groups is 1. The van der Waals surface area contributed by atoms with Crippen molar-refractivity contribution in [2.45, 2.75) is 161 Å². The SMILES string of the molecule is C/C=C/C[C@@H]1NC(=O)[C@H](CC(C)C)N2C(=O)[C@H](C[C@@H](C)[C@@H]2O)N(C)C(=O)[C@H](C)CC(=O)[C@H](Cc2ccc(O)c([N+](=O)[O-])c2)NC(=O)[C@H](CC(C)C)N(C)C(=O)[C@H](Cc2cn(C(C)(C)[C@H]3CO3)c3ccccc23)NC1=O. The van der Waals surface area contributed by atoms with Gasteiger partial charge in [-0.2, -0.15) is 0 Å². The summed E-state index contributed by atoms with van der Waals surface area (Å²) in [7, 11) is 2.84. The van der Waals surface area contributed by atoms with E-state index in [1.807, 2.05) is 58.2 Å². The molecule has 0 radical (unpaired) electrons. The highest BCUT2D eigenvalue weighted by molar-refractivity contribution is 5.99. The van der Waals surface area contributed by atoms with Gasteiger partial charge in [0.25, 0.3) is 0 Å². The molecular weight excluding hydrogens is 965 g/mol. The Morgan fingerprint density at radius 3 is 2.07 bits per heavy atom. The van der Waals surface area contributed by atoms with E-state index in [0.717, 1.165) is 27.9 Å². The average Bonchev–Trinajstić information content (AvgIpc) is 4.16. The Hall–Kier alpha value is -6.67. The van der Waals surface area contributed by atoms with Crippen LogP contribution >= 0.6 is 0 Å². The van der Waals surface area contributed by atoms with Crippen molar-refractivity contribution in [3.63, 3.8) is 0 Å². The maximum atomic E-state index is 15.4. The molecule has 0 unspecified atom stereocenters. The predicted molar refractivity (Wildman–Crippen MR) is 280 cm³/mol. The van der Waals surface area contributed by atoms with E-state index in [4.69, 9.17) is 4.74 Å². The number of nitro groups is 1. The first-order valence-electron chi connectivity index (χ1n) is 26.0. The average molecular weight is 1040 g/mol. The van der Waals surface area contributed by atoms with Crippen LogP contribution in [0.4, 0.5) is 5.69 Å². The van der Waals surface area contributed by atoms with Crippen molar-refractivity contribution < 1.29 is 53.4 Å². The molecule has 4 heterocycles. The number of phenolic OH excluding ortho intramolecular Hbond substituents is 1. The monoisotopic (exact) mass is 1040 g/mol. The number of likely N-dealkylation sites (N-methyl/N-ethyl adjacent to an activating group) is 2. The molecule has 10 atom stereocenters. The largest absolute Gasteiger partial charge is 0.502 e. The number of aliphatic hydroxyl groups is 1. The van der Waals surface area contributed by atoms with Crippen LogP contribution in [0.1, 0.15) is 106 Å². The summed E-state index contributed by atoms with van der Waals surface area (Å²) in [6.07, 6.45) is 3.08. The number of rotatable bonds is 13. The number of Topliss-reactive ketones (excluding diaryl/α,β-unsaturated/α-hetero) is 1. The van der Waals surface area contributed by atoms with Crippen LogP contribution in [0.15, 0.2) is 60.8 Å². The number of carbonyl (C=O) groups excluding carboxylic acids is 7. The number of nitro benzene ring substituents is 1. The van der Waals surface area contributed by atoms with Crippen LogP contribution in [0.25, 0.3) is 10.9 Å². The Bertz CT molecular complexity index is 2680. The Labute approximate surface area is 438 Å². The number of benzene rings is 2. The third kappa shape index (κ3) is 13.1. The first-order chi connectivity index (χ1) is 35.3. The summed E-state index contributed by atoms with van der Waals surface area (Å²) in [5, 5.41) is 43.3. The fourth-order valence-electron chi connectivity index (χ4n) is 10.5. The van der Waals surface area contributed by atoms with E-state index in [-0.39, 0.29) is 62.0 Å². The number of ketones is 1. The van der Waals surface area contributed by atoms with Crippen molar-refractivity contribution in [3.05, 3.63) is 82.1 Å². The molecule has 3 aromatic rings. The number of aromatic nitrogens is 1. The highest BCUT2D eigenvalue weighted by Gasteiger charge is 2.48. The number of fused-ring (bicyclic) bond motifs is 3. The first kappa shape index (κ1) is 57.6. The number of nitrogens with zero attached hydrogens (tertiary/aromatic N) is 5. The fraction of sp³-hybridized carbons (Fsp3) is 0.582. The molecule has 6 rings (SSSR count). The van der Waals surface area contributed by atoms with Crippen molar-refractivity contribution >= 4 is 57.8 Å². The van der Waals surface area contributed by atoms with E-state index in [1.54, 1.807) is 26.0 Å². The van der Waals surface area contributed by atoms with Gasteiger partial charge in [0, 0.05) is 61.9 Å². The summed E-state index contributed by atoms with van der Waals surface area (Å²) < 4.78 is 7.85. The van der Waals surface area contributed by atoms with E-state index in [0.29, 0.717) is 12.2 Å². The Morgan fingerprint density at radius 1 is 0.827 bits per heavy atom. The van der Waals surface area contributed by atoms with Crippen LogP contribution < -0.4 is 16.0 Å². The molecule has 0 saturated carbocycles. The number of piperidine rings is 1. The van der Waals surface area contributed by atoms with E-state index >= 15 is 4.79 Å². The number of ether oxygens (including phenoxy) is 1. The number of hydrogen-bond donors (Lipinski definition) is 5.